The van der Waals surface area contributed by atoms with Crippen molar-refractivity contribution in [2.75, 3.05) is 0 Å². The van der Waals surface area contributed by atoms with Crippen LogP contribution in [0, 0.1) is 12.7 Å². The van der Waals surface area contributed by atoms with Gasteiger partial charge in [-0.25, -0.2) is 4.39 Å². The van der Waals surface area contributed by atoms with Crippen LogP contribution in [0.3, 0.4) is 0 Å². The molecule has 17 heavy (non-hydrogen) atoms. The molecule has 1 heterocycles. The molecule has 1 unspecified atom stereocenters. The lowest BCUT2D eigenvalue weighted by molar-refractivity contribution is 0.626. The minimum Gasteiger partial charge on any atom is -0.205 e. The minimum atomic E-state index is -0.388. The number of alkyl halides is 1. The van der Waals surface area contributed by atoms with E-state index in [2.05, 4.69) is 31.9 Å². The van der Waals surface area contributed by atoms with Crippen LogP contribution >= 0.6 is 54.8 Å². The zero-order valence-electron chi connectivity index (χ0n) is 8.81. The number of aryl methyl sites for hydroxylation is 1. The Bertz CT molecular complexity index is 534. The van der Waals surface area contributed by atoms with Gasteiger partial charge in [0.05, 0.1) is 9.85 Å². The molecule has 0 bridgehead atoms. The van der Waals surface area contributed by atoms with E-state index in [9.17, 15) is 4.39 Å². The fraction of sp³-hybridized carbons (Fsp3) is 0.167. The molecule has 1 aromatic carbocycles. The summed E-state index contributed by atoms with van der Waals surface area (Å²) in [5, 5.41) is 0.150. The molecule has 0 fully saturated rings. The van der Waals surface area contributed by atoms with E-state index in [1.165, 1.54) is 10.9 Å². The molecule has 0 radical (unpaired) electrons. The Morgan fingerprint density at radius 1 is 1.35 bits per heavy atom. The summed E-state index contributed by atoms with van der Waals surface area (Å²) in [5.74, 6) is -0.388. The zero-order chi connectivity index (χ0) is 12.6. The van der Waals surface area contributed by atoms with Crippen LogP contribution in [0.5, 0.6) is 0 Å². The van der Waals surface area contributed by atoms with E-state index in [4.69, 9.17) is 11.6 Å². The van der Waals surface area contributed by atoms with Crippen molar-refractivity contribution in [3.05, 3.63) is 54.9 Å². The highest BCUT2D eigenvalue weighted by Gasteiger charge is 2.15. The first-order chi connectivity index (χ1) is 7.99. The van der Waals surface area contributed by atoms with Crippen LogP contribution in [0.4, 0.5) is 4.39 Å². The Balaban J connectivity index is 2.36. The largest absolute Gasteiger partial charge is 0.205 e. The Morgan fingerprint density at radius 2 is 2.06 bits per heavy atom. The van der Waals surface area contributed by atoms with Crippen molar-refractivity contribution in [3.63, 3.8) is 0 Å². The molecular formula is C12H8Br2ClFS. The van der Waals surface area contributed by atoms with Gasteiger partial charge in [-0.3, -0.25) is 0 Å². The fourth-order valence-corrected chi connectivity index (χ4v) is 3.82. The third-order valence-electron chi connectivity index (χ3n) is 2.36. The molecule has 1 atom stereocenters. The molecule has 2 aromatic rings. The van der Waals surface area contributed by atoms with Gasteiger partial charge in [-0.2, -0.15) is 0 Å². The van der Waals surface area contributed by atoms with Gasteiger partial charge in [0.15, 0.2) is 0 Å². The average molecular weight is 399 g/mol. The Kier molecular flexibility index (Phi) is 4.29. The first kappa shape index (κ1) is 13.5. The van der Waals surface area contributed by atoms with Gasteiger partial charge in [0.2, 0.25) is 0 Å². The summed E-state index contributed by atoms with van der Waals surface area (Å²) in [5.41, 5.74) is 0.862. The van der Waals surface area contributed by atoms with Gasteiger partial charge in [-0.1, -0.05) is 33.6 Å². The molecule has 0 nitrogen and oxygen atoms in total. The van der Waals surface area contributed by atoms with Crippen molar-refractivity contribution in [2.24, 2.45) is 0 Å². The fourth-order valence-electron chi connectivity index (χ4n) is 1.44. The molecule has 90 valence electrons. The second-order valence-electron chi connectivity index (χ2n) is 3.59. The van der Waals surface area contributed by atoms with Gasteiger partial charge < -0.3 is 0 Å². The minimum absolute atomic E-state index is 0.00994. The highest BCUT2D eigenvalue weighted by atomic mass is 79.9. The molecule has 0 saturated heterocycles. The monoisotopic (exact) mass is 396 g/mol. The van der Waals surface area contributed by atoms with E-state index in [-0.39, 0.29) is 15.7 Å². The van der Waals surface area contributed by atoms with Crippen LogP contribution in [0.1, 0.15) is 20.1 Å². The van der Waals surface area contributed by atoms with E-state index in [1.807, 2.05) is 19.1 Å². The molecule has 0 spiro atoms. The maximum Gasteiger partial charge on any atom is 0.142 e. The van der Waals surface area contributed by atoms with Crippen LogP contribution in [0.25, 0.3) is 0 Å². The highest BCUT2D eigenvalue weighted by Crippen LogP contribution is 2.39. The third-order valence-corrected chi connectivity index (χ3v) is 6.20. The van der Waals surface area contributed by atoms with Crippen molar-refractivity contribution in [3.8, 4) is 0 Å². The maximum absolute atomic E-state index is 13.4. The molecular weight excluding hydrogens is 390 g/mol. The summed E-state index contributed by atoms with van der Waals surface area (Å²) in [7, 11) is 0. The molecule has 0 saturated carbocycles. The predicted molar refractivity (Wildman–Crippen MR) is 78.9 cm³/mol. The predicted octanol–water partition coefficient (Wildman–Crippen LogP) is 6.10. The molecule has 0 aliphatic heterocycles. The summed E-state index contributed by atoms with van der Waals surface area (Å²) < 4.78 is 14.5. The van der Waals surface area contributed by atoms with Crippen molar-refractivity contribution in [2.45, 2.75) is 11.8 Å². The van der Waals surface area contributed by atoms with E-state index >= 15 is 0 Å². The van der Waals surface area contributed by atoms with Crippen molar-refractivity contribution in [1.29, 1.82) is 0 Å². The maximum atomic E-state index is 13.4. The number of rotatable bonds is 2. The lowest BCUT2D eigenvalue weighted by Crippen LogP contribution is -1.91. The third kappa shape index (κ3) is 2.92. The van der Waals surface area contributed by atoms with E-state index in [0.717, 1.165) is 14.9 Å². The lowest BCUT2D eigenvalue weighted by atomic mass is 10.1. The van der Waals surface area contributed by atoms with Gasteiger partial charge in [0, 0.05) is 14.2 Å². The van der Waals surface area contributed by atoms with Crippen LogP contribution in [0.2, 0.25) is 5.02 Å². The lowest BCUT2D eigenvalue weighted by Gasteiger charge is -2.08. The standard InChI is InChI=1S/C12H8Br2ClFS/c1-6-8(13)5-11(17-6)12(14)7-2-3-9(15)10(16)4-7/h2-5,12H,1H3. The number of halogens is 4. The van der Waals surface area contributed by atoms with E-state index < -0.39 is 0 Å². The van der Waals surface area contributed by atoms with Crippen LogP contribution in [-0.4, -0.2) is 0 Å². The van der Waals surface area contributed by atoms with Crippen molar-refractivity contribution in [1.82, 2.24) is 0 Å². The molecule has 0 amide bonds. The average Bonchev–Trinajstić information content (AvgIpc) is 2.62. The van der Waals surface area contributed by atoms with Crippen molar-refractivity contribution >= 4 is 54.8 Å². The van der Waals surface area contributed by atoms with Gasteiger partial charge in [0.1, 0.15) is 5.82 Å². The van der Waals surface area contributed by atoms with Gasteiger partial charge in [-0.05, 0) is 46.6 Å². The number of hydrogen-bond acceptors (Lipinski definition) is 1. The smallest absolute Gasteiger partial charge is 0.142 e. The second-order valence-corrected chi connectivity index (χ2v) is 7.05. The van der Waals surface area contributed by atoms with E-state index in [1.54, 1.807) is 17.4 Å². The summed E-state index contributed by atoms with van der Waals surface area (Å²) in [6.07, 6.45) is 0. The molecule has 5 heteroatoms. The molecule has 2 rings (SSSR count). The molecule has 0 aliphatic rings. The summed E-state index contributed by atoms with van der Waals surface area (Å²) in [6, 6.07) is 6.92. The zero-order valence-corrected chi connectivity index (χ0v) is 13.6. The first-order valence-corrected chi connectivity index (χ1v) is 7.74. The molecule has 0 aliphatic carbocycles. The van der Waals surface area contributed by atoms with Gasteiger partial charge >= 0.3 is 0 Å². The number of benzene rings is 1. The number of hydrogen-bond donors (Lipinski definition) is 0. The molecule has 0 N–H and O–H groups in total. The van der Waals surface area contributed by atoms with Crippen LogP contribution in [0.15, 0.2) is 28.7 Å². The highest BCUT2D eigenvalue weighted by molar-refractivity contribution is 9.10. The second kappa shape index (κ2) is 5.39. The van der Waals surface area contributed by atoms with Crippen molar-refractivity contribution < 1.29 is 4.39 Å². The van der Waals surface area contributed by atoms with E-state index in [0.29, 0.717) is 0 Å². The normalized spacial score (nSPS) is 12.8. The molecule has 1 aromatic heterocycles. The Labute approximate surface area is 125 Å². The van der Waals surface area contributed by atoms with Gasteiger partial charge in [-0.15, -0.1) is 11.3 Å². The summed E-state index contributed by atoms with van der Waals surface area (Å²) in [4.78, 5) is 2.33. The number of thiophene rings is 1. The quantitative estimate of drug-likeness (QED) is 0.537. The summed E-state index contributed by atoms with van der Waals surface area (Å²) >= 11 is 14.4. The van der Waals surface area contributed by atoms with Gasteiger partial charge in [0.25, 0.3) is 0 Å². The Hall–Kier alpha value is 0.1000. The van der Waals surface area contributed by atoms with Crippen LogP contribution < -0.4 is 0 Å². The van der Waals surface area contributed by atoms with Crippen LogP contribution in [-0.2, 0) is 0 Å². The first-order valence-electron chi connectivity index (χ1n) is 4.84. The summed E-state index contributed by atoms with van der Waals surface area (Å²) in [6.45, 7) is 2.04. The topological polar surface area (TPSA) is 0 Å². The SMILES string of the molecule is Cc1sc(C(Br)c2ccc(Cl)c(F)c2)cc1Br. The Morgan fingerprint density at radius 3 is 2.59 bits per heavy atom.